The van der Waals surface area contributed by atoms with Crippen LogP contribution in [0, 0.1) is 0 Å². The number of carbonyl (C=O) groups is 1. The van der Waals surface area contributed by atoms with Crippen molar-refractivity contribution in [2.45, 2.75) is 6.42 Å². The summed E-state index contributed by atoms with van der Waals surface area (Å²) in [6, 6.07) is 3.74. The number of alkyl halides is 1. The second-order valence-corrected chi connectivity index (χ2v) is 3.41. The Bertz CT molecular complexity index is 334. The first kappa shape index (κ1) is 11.7. The first-order valence-electron chi connectivity index (χ1n) is 4.50. The van der Waals surface area contributed by atoms with Gasteiger partial charge in [0.1, 0.15) is 11.5 Å². The molecule has 3 N–H and O–H groups in total. The fraction of sp³-hybridized carbons (Fsp3) is 0.300. The quantitative estimate of drug-likeness (QED) is 0.541. The van der Waals surface area contributed by atoms with E-state index in [2.05, 4.69) is 5.32 Å². The second-order valence-electron chi connectivity index (χ2n) is 3.04. The first-order chi connectivity index (χ1) is 7.13. The van der Waals surface area contributed by atoms with Crippen molar-refractivity contribution >= 4 is 17.5 Å². The van der Waals surface area contributed by atoms with Gasteiger partial charge in [-0.25, -0.2) is 0 Å². The highest BCUT2D eigenvalue weighted by molar-refractivity contribution is 6.17. The molecule has 0 atom stereocenters. The number of halogens is 1. The van der Waals surface area contributed by atoms with Gasteiger partial charge in [0.05, 0.1) is 0 Å². The van der Waals surface area contributed by atoms with Crippen molar-refractivity contribution in [1.29, 1.82) is 0 Å². The zero-order valence-electron chi connectivity index (χ0n) is 8.03. The van der Waals surface area contributed by atoms with Crippen molar-refractivity contribution in [2.24, 2.45) is 0 Å². The molecule has 5 heteroatoms. The summed E-state index contributed by atoms with van der Waals surface area (Å²) in [4.78, 5) is 11.4. The minimum atomic E-state index is -0.341. The van der Waals surface area contributed by atoms with Crippen LogP contribution in [0.1, 0.15) is 16.8 Å². The Balaban J connectivity index is 2.65. The fourth-order valence-electron chi connectivity index (χ4n) is 1.10. The van der Waals surface area contributed by atoms with Gasteiger partial charge in [-0.1, -0.05) is 0 Å². The molecule has 0 bridgehead atoms. The van der Waals surface area contributed by atoms with E-state index in [0.717, 1.165) is 6.07 Å². The second kappa shape index (κ2) is 5.46. The minimum absolute atomic E-state index is 0.141. The summed E-state index contributed by atoms with van der Waals surface area (Å²) in [7, 11) is 0. The number of aromatic hydroxyl groups is 2. The molecule has 0 aliphatic carbocycles. The predicted molar refractivity (Wildman–Crippen MR) is 57.4 cm³/mol. The average molecular weight is 230 g/mol. The lowest BCUT2D eigenvalue weighted by Crippen LogP contribution is -2.24. The number of nitrogens with one attached hydrogen (secondary N) is 1. The van der Waals surface area contributed by atoms with Gasteiger partial charge in [-0.15, -0.1) is 11.6 Å². The summed E-state index contributed by atoms with van der Waals surface area (Å²) in [6.07, 6.45) is 0.679. The monoisotopic (exact) mass is 229 g/mol. The van der Waals surface area contributed by atoms with Crippen molar-refractivity contribution in [1.82, 2.24) is 5.32 Å². The van der Waals surface area contributed by atoms with Gasteiger partial charge in [0.2, 0.25) is 0 Å². The average Bonchev–Trinajstić information content (AvgIpc) is 2.16. The maximum absolute atomic E-state index is 11.4. The zero-order chi connectivity index (χ0) is 11.3. The summed E-state index contributed by atoms with van der Waals surface area (Å²) in [5, 5.41) is 20.9. The van der Waals surface area contributed by atoms with E-state index in [4.69, 9.17) is 21.8 Å². The van der Waals surface area contributed by atoms with Crippen LogP contribution >= 0.6 is 11.6 Å². The lowest BCUT2D eigenvalue weighted by atomic mass is 10.2. The van der Waals surface area contributed by atoms with Gasteiger partial charge in [0.15, 0.2) is 0 Å². The van der Waals surface area contributed by atoms with Crippen LogP contribution in [-0.2, 0) is 0 Å². The number of benzene rings is 1. The molecule has 1 aromatic rings. The lowest BCUT2D eigenvalue weighted by Gasteiger charge is -2.04. The molecule has 1 rings (SSSR count). The third-order valence-electron chi connectivity index (χ3n) is 1.76. The van der Waals surface area contributed by atoms with Crippen molar-refractivity contribution in [3.63, 3.8) is 0 Å². The van der Waals surface area contributed by atoms with Crippen molar-refractivity contribution < 1.29 is 15.0 Å². The highest BCUT2D eigenvalue weighted by Crippen LogP contribution is 2.20. The summed E-state index contributed by atoms with van der Waals surface area (Å²) < 4.78 is 0. The Labute approximate surface area is 92.5 Å². The number of hydrogen-bond donors (Lipinski definition) is 3. The molecule has 0 aliphatic heterocycles. The van der Waals surface area contributed by atoms with Crippen LogP contribution in [0.25, 0.3) is 0 Å². The molecular weight excluding hydrogens is 218 g/mol. The largest absolute Gasteiger partial charge is 0.508 e. The molecule has 0 unspecified atom stereocenters. The van der Waals surface area contributed by atoms with Gasteiger partial charge < -0.3 is 15.5 Å². The molecule has 1 aromatic carbocycles. The lowest BCUT2D eigenvalue weighted by molar-refractivity contribution is 0.0953. The van der Waals surface area contributed by atoms with Gasteiger partial charge in [-0.2, -0.15) is 0 Å². The molecule has 0 saturated carbocycles. The highest BCUT2D eigenvalue weighted by atomic mass is 35.5. The maximum Gasteiger partial charge on any atom is 0.251 e. The molecule has 1 amide bonds. The standard InChI is InChI=1S/C10H12ClNO3/c11-2-1-3-12-10(15)7-4-8(13)6-9(14)5-7/h4-6,13-14H,1-3H2,(H,12,15). The topological polar surface area (TPSA) is 69.6 Å². The predicted octanol–water partition coefficient (Wildman–Crippen LogP) is 1.46. The van der Waals surface area contributed by atoms with E-state index < -0.39 is 0 Å². The van der Waals surface area contributed by atoms with Crippen molar-refractivity contribution in [3.05, 3.63) is 23.8 Å². The van der Waals surface area contributed by atoms with Crippen LogP contribution in [0.15, 0.2) is 18.2 Å². The Hall–Kier alpha value is -1.42. The molecule has 0 radical (unpaired) electrons. The number of phenolic OH excluding ortho intramolecular Hbond substituents is 2. The molecule has 15 heavy (non-hydrogen) atoms. The first-order valence-corrected chi connectivity index (χ1v) is 5.04. The third-order valence-corrected chi connectivity index (χ3v) is 2.03. The molecule has 0 aliphatic rings. The summed E-state index contributed by atoms with van der Waals surface area (Å²) in [5.74, 6) is -0.146. The molecule has 0 spiro atoms. The van der Waals surface area contributed by atoms with Crippen LogP contribution in [0.2, 0.25) is 0 Å². The van der Waals surface area contributed by atoms with Crippen LogP contribution in [0.3, 0.4) is 0 Å². The van der Waals surface area contributed by atoms with Crippen LogP contribution < -0.4 is 5.32 Å². The Morgan fingerprint density at radius 1 is 1.27 bits per heavy atom. The van der Waals surface area contributed by atoms with E-state index in [0.29, 0.717) is 18.8 Å². The highest BCUT2D eigenvalue weighted by Gasteiger charge is 2.07. The van der Waals surface area contributed by atoms with Gasteiger partial charge in [0, 0.05) is 24.1 Å². The summed E-state index contributed by atoms with van der Waals surface area (Å²) >= 11 is 5.45. The Morgan fingerprint density at radius 2 is 1.87 bits per heavy atom. The van der Waals surface area contributed by atoms with Crippen LogP contribution in [0.4, 0.5) is 0 Å². The molecule has 0 saturated heterocycles. The van der Waals surface area contributed by atoms with Gasteiger partial charge in [0.25, 0.3) is 5.91 Å². The number of rotatable bonds is 4. The van der Waals surface area contributed by atoms with E-state index in [9.17, 15) is 4.79 Å². The molecular formula is C10H12ClNO3. The van der Waals surface area contributed by atoms with Gasteiger partial charge in [-0.05, 0) is 18.6 Å². The van der Waals surface area contributed by atoms with Crippen LogP contribution in [0.5, 0.6) is 11.5 Å². The Kier molecular flexibility index (Phi) is 4.24. The van der Waals surface area contributed by atoms with Crippen LogP contribution in [-0.4, -0.2) is 28.5 Å². The molecule has 4 nitrogen and oxygen atoms in total. The fourth-order valence-corrected chi connectivity index (χ4v) is 1.23. The number of hydrogen-bond acceptors (Lipinski definition) is 3. The number of amides is 1. The SMILES string of the molecule is O=C(NCCCCl)c1cc(O)cc(O)c1. The van der Waals surface area contributed by atoms with E-state index in [1.807, 2.05) is 0 Å². The van der Waals surface area contributed by atoms with E-state index in [-0.39, 0.29) is 23.0 Å². The summed E-state index contributed by atoms with van der Waals surface area (Å²) in [5.41, 5.74) is 0.224. The van der Waals surface area contributed by atoms with Crippen molar-refractivity contribution in [2.75, 3.05) is 12.4 Å². The molecule has 82 valence electrons. The normalized spacial score (nSPS) is 9.93. The minimum Gasteiger partial charge on any atom is -0.508 e. The maximum atomic E-state index is 11.4. The summed E-state index contributed by atoms with van der Waals surface area (Å²) in [6.45, 7) is 0.471. The van der Waals surface area contributed by atoms with Gasteiger partial charge >= 0.3 is 0 Å². The molecule has 0 aromatic heterocycles. The van der Waals surface area contributed by atoms with Gasteiger partial charge in [-0.3, -0.25) is 4.79 Å². The van der Waals surface area contributed by atoms with E-state index in [1.165, 1.54) is 12.1 Å². The van der Waals surface area contributed by atoms with Crippen molar-refractivity contribution in [3.8, 4) is 11.5 Å². The van der Waals surface area contributed by atoms with E-state index >= 15 is 0 Å². The third kappa shape index (κ3) is 3.67. The van der Waals surface area contributed by atoms with E-state index in [1.54, 1.807) is 0 Å². The molecule has 0 fully saturated rings. The number of carbonyl (C=O) groups excluding carboxylic acids is 1. The Morgan fingerprint density at radius 3 is 2.40 bits per heavy atom. The molecule has 0 heterocycles. The number of phenols is 2. The zero-order valence-corrected chi connectivity index (χ0v) is 8.79. The smallest absolute Gasteiger partial charge is 0.251 e.